The van der Waals surface area contributed by atoms with Gasteiger partial charge in [-0.15, -0.1) is 0 Å². The molecule has 3 heterocycles. The largest absolute Gasteiger partial charge is 0.497 e. The van der Waals surface area contributed by atoms with Crippen molar-refractivity contribution in [2.45, 2.75) is 32.4 Å². The number of hydrogen-bond acceptors (Lipinski definition) is 4. The zero-order valence-corrected chi connectivity index (χ0v) is 16.8. The lowest BCUT2D eigenvalue weighted by molar-refractivity contribution is 0.0658. The molecule has 2 aromatic rings. The molecule has 0 atom stereocenters. The number of benzene rings is 1. The fourth-order valence-electron chi connectivity index (χ4n) is 3.83. The van der Waals surface area contributed by atoms with Crippen LogP contribution in [0.15, 0.2) is 30.3 Å². The number of ether oxygens (including phenoxy) is 1. The number of carbonyl (C=O) groups is 2. The Hall–Kier alpha value is -3.03. The van der Waals surface area contributed by atoms with Gasteiger partial charge in [0.15, 0.2) is 5.69 Å². The van der Waals surface area contributed by atoms with E-state index in [0.29, 0.717) is 38.4 Å². The molecule has 1 N–H and O–H groups in total. The number of urea groups is 1. The van der Waals surface area contributed by atoms with E-state index in [-0.39, 0.29) is 11.9 Å². The third-order valence-corrected chi connectivity index (χ3v) is 5.59. The summed E-state index contributed by atoms with van der Waals surface area (Å²) in [6.07, 6.45) is 3.26. The number of methoxy groups -OCH3 is 1. The quantitative estimate of drug-likeness (QED) is 0.855. The molecule has 1 aromatic heterocycles. The molecule has 0 spiro atoms. The number of rotatable bonds is 4. The van der Waals surface area contributed by atoms with Gasteiger partial charge in [0.05, 0.1) is 7.11 Å². The van der Waals surface area contributed by atoms with Gasteiger partial charge < -0.3 is 19.9 Å². The Balaban J connectivity index is 1.26. The molecule has 8 heteroatoms. The van der Waals surface area contributed by atoms with Crippen LogP contribution in [0, 0.1) is 0 Å². The predicted octanol–water partition coefficient (Wildman–Crippen LogP) is 1.90. The number of aryl methyl sites for hydroxylation is 2. The van der Waals surface area contributed by atoms with Gasteiger partial charge >= 0.3 is 6.03 Å². The van der Waals surface area contributed by atoms with Crippen LogP contribution in [0.25, 0.3) is 0 Å². The predicted molar refractivity (Wildman–Crippen MR) is 108 cm³/mol. The highest BCUT2D eigenvalue weighted by molar-refractivity contribution is 5.92. The molecule has 2 aliphatic heterocycles. The van der Waals surface area contributed by atoms with E-state index >= 15 is 0 Å². The number of piperazine rings is 1. The van der Waals surface area contributed by atoms with E-state index in [4.69, 9.17) is 4.74 Å². The summed E-state index contributed by atoms with van der Waals surface area (Å²) in [6.45, 7) is 3.45. The lowest BCUT2D eigenvalue weighted by atomic mass is 10.1. The summed E-state index contributed by atoms with van der Waals surface area (Å²) in [5.74, 6) is 0.754. The molecule has 1 aromatic carbocycles. The van der Waals surface area contributed by atoms with Gasteiger partial charge in [0.1, 0.15) is 5.75 Å². The smallest absolute Gasteiger partial charge is 0.317 e. The minimum absolute atomic E-state index is 0.0369. The summed E-state index contributed by atoms with van der Waals surface area (Å²) in [7, 11) is 1.63. The van der Waals surface area contributed by atoms with Crippen molar-refractivity contribution >= 4 is 11.9 Å². The second-order valence-corrected chi connectivity index (χ2v) is 7.49. The summed E-state index contributed by atoms with van der Waals surface area (Å²) in [6, 6.07) is 9.43. The van der Waals surface area contributed by atoms with Gasteiger partial charge in [0.2, 0.25) is 0 Å². The lowest BCUT2D eigenvalue weighted by Gasteiger charge is -2.34. The number of amides is 3. The molecule has 8 nitrogen and oxygen atoms in total. The van der Waals surface area contributed by atoms with E-state index < -0.39 is 0 Å². The molecule has 154 valence electrons. The normalized spacial score (nSPS) is 16.3. The van der Waals surface area contributed by atoms with Crippen molar-refractivity contribution in [1.82, 2.24) is 24.9 Å². The van der Waals surface area contributed by atoms with Crippen LogP contribution in [0.5, 0.6) is 5.75 Å². The summed E-state index contributed by atoms with van der Waals surface area (Å²) in [5, 5.41) is 7.42. The van der Waals surface area contributed by atoms with Gasteiger partial charge in [-0.3, -0.25) is 9.48 Å². The molecule has 0 bridgehead atoms. The van der Waals surface area contributed by atoms with Crippen LogP contribution >= 0.6 is 0 Å². The first-order valence-corrected chi connectivity index (χ1v) is 10.2. The maximum Gasteiger partial charge on any atom is 0.317 e. The van der Waals surface area contributed by atoms with Crippen LogP contribution in [0.2, 0.25) is 0 Å². The molecule has 3 amide bonds. The second kappa shape index (κ2) is 8.55. The molecular formula is C21H27N5O3. The number of fused-ring (bicyclic) bond motifs is 1. The number of nitrogens with zero attached hydrogens (tertiary/aromatic N) is 4. The van der Waals surface area contributed by atoms with E-state index in [1.165, 1.54) is 0 Å². The Labute approximate surface area is 170 Å². The van der Waals surface area contributed by atoms with Gasteiger partial charge in [0, 0.05) is 45.0 Å². The number of carbonyl (C=O) groups excluding carboxylic acids is 2. The first kappa shape index (κ1) is 19.3. The molecule has 1 fully saturated rings. The van der Waals surface area contributed by atoms with Crippen molar-refractivity contribution in [3.8, 4) is 5.75 Å². The van der Waals surface area contributed by atoms with E-state index in [0.717, 1.165) is 42.8 Å². The van der Waals surface area contributed by atoms with Crippen molar-refractivity contribution in [3.63, 3.8) is 0 Å². The van der Waals surface area contributed by atoms with Gasteiger partial charge in [-0.05, 0) is 43.0 Å². The maximum atomic E-state index is 12.8. The summed E-state index contributed by atoms with van der Waals surface area (Å²) in [5.41, 5.74) is 2.69. The van der Waals surface area contributed by atoms with Crippen molar-refractivity contribution < 1.29 is 14.3 Å². The zero-order chi connectivity index (χ0) is 20.2. The second-order valence-electron chi connectivity index (χ2n) is 7.49. The average Bonchev–Trinajstić information content (AvgIpc) is 3.22. The van der Waals surface area contributed by atoms with Crippen molar-refractivity contribution in [2.24, 2.45) is 0 Å². The van der Waals surface area contributed by atoms with E-state index in [1.54, 1.807) is 16.9 Å². The molecule has 29 heavy (non-hydrogen) atoms. The van der Waals surface area contributed by atoms with Crippen LogP contribution in [0.1, 0.15) is 34.6 Å². The Bertz CT molecular complexity index is 845. The van der Waals surface area contributed by atoms with Gasteiger partial charge in [-0.25, -0.2) is 4.79 Å². The first-order chi connectivity index (χ1) is 14.1. The Kier molecular flexibility index (Phi) is 5.69. The monoisotopic (exact) mass is 397 g/mol. The zero-order valence-electron chi connectivity index (χ0n) is 16.8. The van der Waals surface area contributed by atoms with Crippen LogP contribution in [-0.4, -0.2) is 64.8 Å². The summed E-state index contributed by atoms with van der Waals surface area (Å²) < 4.78 is 7.10. The standard InChI is InChI=1S/C21H27N5O3/c1-29-18-7-5-16(6-8-18)15-22-21(28)25-12-10-24(11-13-25)20(27)19-14-17-4-2-3-9-26(17)23-19/h5-8,14H,2-4,9-13,15H2,1H3,(H,22,28). The summed E-state index contributed by atoms with van der Waals surface area (Å²) >= 11 is 0. The van der Waals surface area contributed by atoms with E-state index in [9.17, 15) is 9.59 Å². The van der Waals surface area contributed by atoms with Gasteiger partial charge in [-0.1, -0.05) is 12.1 Å². The fraction of sp³-hybridized carbons (Fsp3) is 0.476. The first-order valence-electron chi connectivity index (χ1n) is 10.2. The fourth-order valence-corrected chi connectivity index (χ4v) is 3.83. The van der Waals surface area contributed by atoms with Crippen LogP contribution in [-0.2, 0) is 19.5 Å². The molecular weight excluding hydrogens is 370 g/mol. The Morgan fingerprint density at radius 3 is 2.45 bits per heavy atom. The van der Waals surface area contributed by atoms with Crippen LogP contribution < -0.4 is 10.1 Å². The van der Waals surface area contributed by atoms with E-state index in [1.807, 2.05) is 35.0 Å². The van der Waals surface area contributed by atoms with Gasteiger partial charge in [-0.2, -0.15) is 5.10 Å². The number of nitrogens with one attached hydrogen (secondary N) is 1. The van der Waals surface area contributed by atoms with Crippen molar-refractivity contribution in [2.75, 3.05) is 33.3 Å². The molecule has 0 radical (unpaired) electrons. The van der Waals surface area contributed by atoms with Gasteiger partial charge in [0.25, 0.3) is 5.91 Å². The molecule has 4 rings (SSSR count). The maximum absolute atomic E-state index is 12.8. The Morgan fingerprint density at radius 2 is 1.76 bits per heavy atom. The topological polar surface area (TPSA) is 79.7 Å². The molecule has 2 aliphatic rings. The third kappa shape index (κ3) is 4.36. The Morgan fingerprint density at radius 1 is 1.03 bits per heavy atom. The van der Waals surface area contributed by atoms with E-state index in [2.05, 4.69) is 10.4 Å². The molecule has 0 saturated carbocycles. The van der Waals surface area contributed by atoms with Crippen molar-refractivity contribution in [3.05, 3.63) is 47.3 Å². The molecule has 0 unspecified atom stereocenters. The van der Waals surface area contributed by atoms with Crippen LogP contribution in [0.4, 0.5) is 4.79 Å². The lowest BCUT2D eigenvalue weighted by Crippen LogP contribution is -2.53. The highest BCUT2D eigenvalue weighted by Crippen LogP contribution is 2.17. The summed E-state index contributed by atoms with van der Waals surface area (Å²) in [4.78, 5) is 28.8. The number of hydrogen-bond donors (Lipinski definition) is 1. The highest BCUT2D eigenvalue weighted by atomic mass is 16.5. The number of aromatic nitrogens is 2. The third-order valence-electron chi connectivity index (χ3n) is 5.59. The highest BCUT2D eigenvalue weighted by Gasteiger charge is 2.27. The minimum atomic E-state index is -0.106. The van der Waals surface area contributed by atoms with Crippen molar-refractivity contribution in [1.29, 1.82) is 0 Å². The molecule has 1 saturated heterocycles. The average molecular weight is 397 g/mol. The minimum Gasteiger partial charge on any atom is -0.497 e. The SMILES string of the molecule is COc1ccc(CNC(=O)N2CCN(C(=O)c3cc4n(n3)CCCC4)CC2)cc1. The van der Waals surface area contributed by atoms with Crippen LogP contribution in [0.3, 0.4) is 0 Å². The molecule has 0 aliphatic carbocycles.